The molecule has 5 nitrogen and oxygen atoms in total. The van der Waals surface area contributed by atoms with Gasteiger partial charge in [0, 0.05) is 31.4 Å². The summed E-state index contributed by atoms with van der Waals surface area (Å²) in [7, 11) is 0. The van der Waals surface area contributed by atoms with Gasteiger partial charge >= 0.3 is 0 Å². The molecule has 1 aliphatic carbocycles. The highest BCUT2D eigenvalue weighted by Gasteiger charge is 2.25. The first-order chi connectivity index (χ1) is 9.29. The van der Waals surface area contributed by atoms with E-state index >= 15 is 0 Å². The molecule has 1 saturated carbocycles. The maximum absolute atomic E-state index is 12.0. The molecule has 1 heterocycles. The van der Waals surface area contributed by atoms with Crippen molar-refractivity contribution >= 4 is 5.91 Å². The molecule has 1 amide bonds. The SMILES string of the molecule is NCC1CCC(C(=O)NCCCn2cccn2)CC1. The van der Waals surface area contributed by atoms with Gasteiger partial charge in [-0.2, -0.15) is 5.10 Å². The Hall–Kier alpha value is -1.36. The molecule has 0 bridgehead atoms. The fourth-order valence-electron chi connectivity index (χ4n) is 2.69. The smallest absolute Gasteiger partial charge is 0.223 e. The highest BCUT2D eigenvalue weighted by Crippen LogP contribution is 2.28. The van der Waals surface area contributed by atoms with E-state index in [4.69, 9.17) is 5.73 Å². The van der Waals surface area contributed by atoms with Crippen molar-refractivity contribution in [3.8, 4) is 0 Å². The molecule has 2 rings (SSSR count). The molecule has 0 aliphatic heterocycles. The molecule has 0 atom stereocenters. The van der Waals surface area contributed by atoms with Gasteiger partial charge in [-0.3, -0.25) is 9.48 Å². The Balaban J connectivity index is 1.59. The molecule has 1 fully saturated rings. The molecule has 0 spiro atoms. The average Bonchev–Trinajstić information content (AvgIpc) is 2.96. The largest absolute Gasteiger partial charge is 0.356 e. The van der Waals surface area contributed by atoms with Crippen LogP contribution in [0.15, 0.2) is 18.5 Å². The number of nitrogens with two attached hydrogens (primary N) is 1. The normalized spacial score (nSPS) is 23.2. The van der Waals surface area contributed by atoms with Crippen molar-refractivity contribution in [1.29, 1.82) is 0 Å². The lowest BCUT2D eigenvalue weighted by Gasteiger charge is -2.26. The molecule has 0 unspecified atom stereocenters. The van der Waals surface area contributed by atoms with E-state index < -0.39 is 0 Å². The first-order valence-corrected chi connectivity index (χ1v) is 7.25. The highest BCUT2D eigenvalue weighted by atomic mass is 16.1. The number of hydrogen-bond acceptors (Lipinski definition) is 3. The molecular formula is C14H24N4O. The molecule has 0 saturated heterocycles. The minimum atomic E-state index is 0.201. The number of rotatable bonds is 6. The van der Waals surface area contributed by atoms with Crippen LogP contribution < -0.4 is 11.1 Å². The van der Waals surface area contributed by atoms with Gasteiger partial charge in [0.15, 0.2) is 0 Å². The van der Waals surface area contributed by atoms with Gasteiger partial charge in [-0.05, 0) is 50.6 Å². The maximum Gasteiger partial charge on any atom is 0.223 e. The number of aromatic nitrogens is 2. The number of carbonyl (C=O) groups excluding carboxylic acids is 1. The monoisotopic (exact) mass is 264 g/mol. The van der Waals surface area contributed by atoms with Crippen molar-refractivity contribution < 1.29 is 4.79 Å². The van der Waals surface area contributed by atoms with Gasteiger partial charge in [0.25, 0.3) is 0 Å². The zero-order valence-corrected chi connectivity index (χ0v) is 11.4. The van der Waals surface area contributed by atoms with Crippen LogP contribution in [0.4, 0.5) is 0 Å². The number of nitrogens with one attached hydrogen (secondary N) is 1. The Labute approximate surface area is 114 Å². The standard InChI is InChI=1S/C14H24N4O/c15-11-12-3-5-13(6-4-12)14(19)16-7-1-9-18-10-2-8-17-18/h2,8,10,12-13H,1,3-7,9,11,15H2,(H,16,19). The van der Waals surface area contributed by atoms with Gasteiger partial charge in [-0.15, -0.1) is 0 Å². The van der Waals surface area contributed by atoms with Crippen LogP contribution in [-0.4, -0.2) is 28.8 Å². The number of nitrogens with zero attached hydrogens (tertiary/aromatic N) is 2. The Bertz CT molecular complexity index is 369. The van der Waals surface area contributed by atoms with Gasteiger partial charge in [0.1, 0.15) is 0 Å². The van der Waals surface area contributed by atoms with Crippen LogP contribution >= 0.6 is 0 Å². The van der Waals surface area contributed by atoms with Gasteiger partial charge < -0.3 is 11.1 Å². The quantitative estimate of drug-likeness (QED) is 0.757. The third kappa shape index (κ3) is 4.35. The van der Waals surface area contributed by atoms with Gasteiger partial charge in [-0.1, -0.05) is 0 Å². The van der Waals surface area contributed by atoms with Crippen molar-refractivity contribution in [3.05, 3.63) is 18.5 Å². The summed E-state index contributed by atoms with van der Waals surface area (Å²) < 4.78 is 1.89. The summed E-state index contributed by atoms with van der Waals surface area (Å²) in [5.74, 6) is 1.05. The molecule has 1 aromatic rings. The summed E-state index contributed by atoms with van der Waals surface area (Å²) in [6.07, 6.45) is 8.82. The summed E-state index contributed by atoms with van der Waals surface area (Å²) in [4.78, 5) is 12.0. The number of aryl methyl sites for hydroxylation is 1. The molecular weight excluding hydrogens is 240 g/mol. The van der Waals surface area contributed by atoms with Crippen LogP contribution in [0, 0.1) is 11.8 Å². The predicted octanol–water partition coefficient (Wildman–Crippen LogP) is 1.15. The minimum absolute atomic E-state index is 0.201. The highest BCUT2D eigenvalue weighted by molar-refractivity contribution is 5.78. The lowest BCUT2D eigenvalue weighted by molar-refractivity contribution is -0.126. The fourth-order valence-corrected chi connectivity index (χ4v) is 2.69. The van der Waals surface area contributed by atoms with Crippen LogP contribution in [0.2, 0.25) is 0 Å². The minimum Gasteiger partial charge on any atom is -0.356 e. The van der Waals surface area contributed by atoms with Crippen molar-refractivity contribution in [2.24, 2.45) is 17.6 Å². The third-order valence-corrected chi connectivity index (χ3v) is 3.97. The van der Waals surface area contributed by atoms with Crippen LogP contribution in [0.1, 0.15) is 32.1 Å². The van der Waals surface area contributed by atoms with Gasteiger partial charge in [0.05, 0.1) is 0 Å². The molecule has 106 valence electrons. The third-order valence-electron chi connectivity index (χ3n) is 3.97. The van der Waals surface area contributed by atoms with Crippen LogP contribution in [0.25, 0.3) is 0 Å². The Morgan fingerprint density at radius 1 is 1.37 bits per heavy atom. The van der Waals surface area contributed by atoms with E-state index in [0.717, 1.165) is 51.7 Å². The molecule has 0 radical (unpaired) electrons. The summed E-state index contributed by atoms with van der Waals surface area (Å²) in [5, 5.41) is 7.17. The lowest BCUT2D eigenvalue weighted by Crippen LogP contribution is -2.35. The molecule has 1 aromatic heterocycles. The molecule has 3 N–H and O–H groups in total. The van der Waals surface area contributed by atoms with Crippen molar-refractivity contribution in [3.63, 3.8) is 0 Å². The Kier molecular flexibility index (Phi) is 5.39. The van der Waals surface area contributed by atoms with E-state index in [0.29, 0.717) is 5.92 Å². The second-order valence-electron chi connectivity index (χ2n) is 5.37. The molecule has 19 heavy (non-hydrogen) atoms. The van der Waals surface area contributed by atoms with Crippen molar-refractivity contribution in [2.45, 2.75) is 38.6 Å². The number of hydrogen-bond donors (Lipinski definition) is 2. The van der Waals surface area contributed by atoms with Crippen molar-refractivity contribution in [2.75, 3.05) is 13.1 Å². The van der Waals surface area contributed by atoms with Crippen LogP contribution in [0.5, 0.6) is 0 Å². The second kappa shape index (κ2) is 7.28. The van der Waals surface area contributed by atoms with E-state index in [1.807, 2.05) is 16.9 Å². The average molecular weight is 264 g/mol. The summed E-state index contributed by atoms with van der Waals surface area (Å²) >= 11 is 0. The van der Waals surface area contributed by atoms with Gasteiger partial charge in [-0.25, -0.2) is 0 Å². The first kappa shape index (κ1) is 14.1. The predicted molar refractivity (Wildman–Crippen MR) is 74.4 cm³/mol. The van der Waals surface area contributed by atoms with Crippen LogP contribution in [0.3, 0.4) is 0 Å². The fraction of sp³-hybridized carbons (Fsp3) is 0.714. The Morgan fingerprint density at radius 2 is 2.16 bits per heavy atom. The number of amides is 1. The van der Waals surface area contributed by atoms with Gasteiger partial charge in [0.2, 0.25) is 5.91 Å². The summed E-state index contributed by atoms with van der Waals surface area (Å²) in [6, 6.07) is 1.91. The topological polar surface area (TPSA) is 72.9 Å². The second-order valence-corrected chi connectivity index (χ2v) is 5.37. The maximum atomic E-state index is 12.0. The lowest BCUT2D eigenvalue weighted by atomic mass is 9.81. The van der Waals surface area contributed by atoms with Crippen LogP contribution in [-0.2, 0) is 11.3 Å². The molecule has 0 aromatic carbocycles. The first-order valence-electron chi connectivity index (χ1n) is 7.25. The zero-order valence-electron chi connectivity index (χ0n) is 11.4. The van der Waals surface area contributed by atoms with E-state index in [9.17, 15) is 4.79 Å². The molecule has 5 heteroatoms. The van der Waals surface area contributed by atoms with E-state index in [2.05, 4.69) is 10.4 Å². The zero-order chi connectivity index (χ0) is 13.5. The van der Waals surface area contributed by atoms with E-state index in [1.54, 1.807) is 6.20 Å². The van der Waals surface area contributed by atoms with E-state index in [-0.39, 0.29) is 11.8 Å². The molecule has 1 aliphatic rings. The van der Waals surface area contributed by atoms with E-state index in [1.165, 1.54) is 0 Å². The Morgan fingerprint density at radius 3 is 2.79 bits per heavy atom. The summed E-state index contributed by atoms with van der Waals surface area (Å²) in [6.45, 7) is 2.35. The summed E-state index contributed by atoms with van der Waals surface area (Å²) in [5.41, 5.74) is 5.66. The van der Waals surface area contributed by atoms with Crippen molar-refractivity contribution in [1.82, 2.24) is 15.1 Å². The number of carbonyl (C=O) groups is 1.